The zero-order valence-electron chi connectivity index (χ0n) is 23.8. The summed E-state index contributed by atoms with van der Waals surface area (Å²) in [6.45, 7) is -0.0525. The van der Waals surface area contributed by atoms with Crippen molar-refractivity contribution >= 4 is 0 Å². The van der Waals surface area contributed by atoms with Gasteiger partial charge in [0, 0.05) is 6.61 Å². The zero-order chi connectivity index (χ0) is 28.9. The summed E-state index contributed by atoms with van der Waals surface area (Å²) >= 11 is 0. The SMILES string of the molecule is CCCCCCCCCCCCCCCCO[C@@H]1OC(CO)[C@@H](O[C@H](CO)OC(CO)[C@@H](O)CO)C(O)C1O. The van der Waals surface area contributed by atoms with Crippen LogP contribution in [0.5, 0.6) is 0 Å². The first-order chi connectivity index (χ1) is 18.9. The second-order valence-electron chi connectivity index (χ2n) is 10.5. The highest BCUT2D eigenvalue weighted by atomic mass is 16.7. The minimum atomic E-state index is -1.52. The second kappa shape index (κ2) is 23.2. The molecule has 1 saturated heterocycles. The number of aliphatic hydroxyl groups excluding tert-OH is 7. The van der Waals surface area contributed by atoms with Crippen molar-refractivity contribution < 1.29 is 54.7 Å². The topological polar surface area (TPSA) is 179 Å². The molecule has 11 heteroatoms. The Labute approximate surface area is 234 Å². The Morgan fingerprint density at radius 1 is 0.692 bits per heavy atom. The fraction of sp³-hybridized carbons (Fsp3) is 1.00. The van der Waals surface area contributed by atoms with Gasteiger partial charge in [0.25, 0.3) is 0 Å². The Bertz CT molecular complexity index is 554. The van der Waals surface area contributed by atoms with Gasteiger partial charge in [0.1, 0.15) is 36.6 Å². The smallest absolute Gasteiger partial charge is 0.186 e. The number of aliphatic hydroxyl groups is 7. The Balaban J connectivity index is 2.27. The van der Waals surface area contributed by atoms with E-state index < -0.39 is 75.6 Å². The summed E-state index contributed by atoms with van der Waals surface area (Å²) in [6, 6.07) is 0. The molecule has 1 heterocycles. The zero-order valence-corrected chi connectivity index (χ0v) is 23.8. The molecule has 8 atom stereocenters. The van der Waals surface area contributed by atoms with Crippen LogP contribution in [0.25, 0.3) is 0 Å². The fourth-order valence-electron chi connectivity index (χ4n) is 4.72. The summed E-state index contributed by atoms with van der Waals surface area (Å²) < 4.78 is 22.0. The summed E-state index contributed by atoms with van der Waals surface area (Å²) in [4.78, 5) is 0. The van der Waals surface area contributed by atoms with E-state index in [1.807, 2.05) is 0 Å². The van der Waals surface area contributed by atoms with E-state index in [-0.39, 0.29) is 0 Å². The third kappa shape index (κ3) is 14.8. The Hall–Kier alpha value is -0.440. The lowest BCUT2D eigenvalue weighted by Gasteiger charge is -2.43. The van der Waals surface area contributed by atoms with Crippen molar-refractivity contribution in [2.75, 3.05) is 33.0 Å². The Morgan fingerprint density at radius 3 is 1.69 bits per heavy atom. The van der Waals surface area contributed by atoms with Crippen LogP contribution in [0.15, 0.2) is 0 Å². The van der Waals surface area contributed by atoms with Crippen molar-refractivity contribution in [1.29, 1.82) is 0 Å². The minimum absolute atomic E-state index is 0.329. The van der Waals surface area contributed by atoms with Crippen molar-refractivity contribution in [3.63, 3.8) is 0 Å². The third-order valence-electron chi connectivity index (χ3n) is 7.18. The first-order valence-electron chi connectivity index (χ1n) is 15.0. The van der Waals surface area contributed by atoms with Crippen molar-refractivity contribution in [2.45, 2.75) is 146 Å². The fourth-order valence-corrected chi connectivity index (χ4v) is 4.72. The first-order valence-corrected chi connectivity index (χ1v) is 15.0. The van der Waals surface area contributed by atoms with E-state index in [2.05, 4.69) is 6.92 Å². The van der Waals surface area contributed by atoms with Crippen LogP contribution < -0.4 is 0 Å². The van der Waals surface area contributed by atoms with Gasteiger partial charge in [-0.1, -0.05) is 90.4 Å². The van der Waals surface area contributed by atoms with Crippen molar-refractivity contribution in [3.05, 3.63) is 0 Å². The Morgan fingerprint density at radius 2 is 1.23 bits per heavy atom. The van der Waals surface area contributed by atoms with Crippen molar-refractivity contribution in [2.24, 2.45) is 0 Å². The molecule has 0 aromatic rings. The largest absolute Gasteiger partial charge is 0.394 e. The average Bonchev–Trinajstić information content (AvgIpc) is 2.95. The van der Waals surface area contributed by atoms with Gasteiger partial charge in [-0.05, 0) is 6.42 Å². The molecule has 0 aromatic carbocycles. The van der Waals surface area contributed by atoms with E-state index in [0.717, 1.165) is 19.3 Å². The van der Waals surface area contributed by atoms with Crippen LogP contribution >= 0.6 is 0 Å². The molecule has 11 nitrogen and oxygen atoms in total. The van der Waals surface area contributed by atoms with Gasteiger partial charge >= 0.3 is 0 Å². The van der Waals surface area contributed by atoms with Gasteiger partial charge in [-0.25, -0.2) is 0 Å². The average molecular weight is 569 g/mol. The van der Waals surface area contributed by atoms with E-state index in [4.69, 9.17) is 24.1 Å². The van der Waals surface area contributed by atoms with E-state index >= 15 is 0 Å². The summed E-state index contributed by atoms with van der Waals surface area (Å²) in [6.07, 6.45) is 6.69. The molecule has 4 unspecified atom stereocenters. The second-order valence-corrected chi connectivity index (χ2v) is 10.5. The molecule has 234 valence electrons. The molecule has 0 aromatic heterocycles. The normalized spacial score (nSPS) is 26.0. The predicted octanol–water partition coefficient (Wildman–Crippen LogP) is 1.36. The van der Waals surface area contributed by atoms with Crippen LogP contribution in [-0.4, -0.2) is 118 Å². The molecule has 1 rings (SSSR count). The van der Waals surface area contributed by atoms with Gasteiger partial charge in [-0.2, -0.15) is 0 Å². The van der Waals surface area contributed by atoms with Crippen LogP contribution in [0.1, 0.15) is 96.8 Å². The van der Waals surface area contributed by atoms with Crippen LogP contribution in [0, 0.1) is 0 Å². The lowest BCUT2D eigenvalue weighted by molar-refractivity contribution is -0.335. The molecule has 0 spiro atoms. The molecule has 39 heavy (non-hydrogen) atoms. The highest BCUT2D eigenvalue weighted by molar-refractivity contribution is 4.90. The van der Waals surface area contributed by atoms with Gasteiger partial charge in [0.2, 0.25) is 0 Å². The number of ether oxygens (including phenoxy) is 4. The van der Waals surface area contributed by atoms with E-state index in [9.17, 15) is 30.6 Å². The summed E-state index contributed by atoms with van der Waals surface area (Å²) in [7, 11) is 0. The number of unbranched alkanes of at least 4 members (excludes halogenated alkanes) is 13. The molecule has 7 N–H and O–H groups in total. The van der Waals surface area contributed by atoms with Crippen LogP contribution in [-0.2, 0) is 18.9 Å². The van der Waals surface area contributed by atoms with Gasteiger partial charge in [0.15, 0.2) is 12.6 Å². The quantitative estimate of drug-likeness (QED) is 0.0624. The molecular weight excluding hydrogens is 512 g/mol. The van der Waals surface area contributed by atoms with Crippen molar-refractivity contribution in [1.82, 2.24) is 0 Å². The highest BCUT2D eigenvalue weighted by Crippen LogP contribution is 2.26. The number of hydrogen-bond acceptors (Lipinski definition) is 11. The molecule has 0 amide bonds. The van der Waals surface area contributed by atoms with Crippen LogP contribution in [0.4, 0.5) is 0 Å². The molecule has 0 radical (unpaired) electrons. The maximum Gasteiger partial charge on any atom is 0.186 e. The Kier molecular flexibility index (Phi) is 21.7. The van der Waals surface area contributed by atoms with E-state index in [1.165, 1.54) is 70.6 Å². The molecule has 0 saturated carbocycles. The molecule has 1 aliphatic rings. The predicted molar refractivity (Wildman–Crippen MR) is 145 cm³/mol. The van der Waals surface area contributed by atoms with Crippen molar-refractivity contribution in [3.8, 4) is 0 Å². The molecule has 1 fully saturated rings. The summed E-state index contributed by atoms with van der Waals surface area (Å²) in [5.41, 5.74) is 0. The maximum absolute atomic E-state index is 10.6. The van der Waals surface area contributed by atoms with Gasteiger partial charge in [-0.3, -0.25) is 0 Å². The summed E-state index contributed by atoms with van der Waals surface area (Å²) in [5.74, 6) is 0. The van der Waals surface area contributed by atoms with Crippen LogP contribution in [0.2, 0.25) is 0 Å². The maximum atomic E-state index is 10.6. The van der Waals surface area contributed by atoms with Gasteiger partial charge < -0.3 is 54.7 Å². The third-order valence-corrected chi connectivity index (χ3v) is 7.18. The van der Waals surface area contributed by atoms with E-state index in [1.54, 1.807) is 0 Å². The molecule has 0 bridgehead atoms. The molecular formula is C28H56O11. The molecule has 1 aliphatic heterocycles. The lowest BCUT2D eigenvalue weighted by atomic mass is 9.99. The minimum Gasteiger partial charge on any atom is -0.394 e. The number of rotatable bonds is 25. The van der Waals surface area contributed by atoms with Gasteiger partial charge in [-0.15, -0.1) is 0 Å². The standard InChI is InChI=1S/C28H56O11/c1-2-3-4-5-6-7-8-9-10-11-12-13-14-15-16-36-28-26(35)25(34)27(23(19-31)38-28)39-24(20-32)37-22(18-30)21(33)17-29/h21-35H,2-20H2,1H3/t21-,22?,23?,24+,25?,26?,27+,28+/m0/s1. The monoisotopic (exact) mass is 568 g/mol. The molecule has 0 aliphatic carbocycles. The lowest BCUT2D eigenvalue weighted by Crippen LogP contribution is -2.61. The summed E-state index contributed by atoms with van der Waals surface area (Å²) in [5, 5.41) is 68.5. The van der Waals surface area contributed by atoms with Crippen LogP contribution in [0.3, 0.4) is 0 Å². The number of hydrogen-bond donors (Lipinski definition) is 7. The van der Waals surface area contributed by atoms with E-state index in [0.29, 0.717) is 6.61 Å². The first kappa shape index (κ1) is 36.6. The highest BCUT2D eigenvalue weighted by Gasteiger charge is 2.46. The van der Waals surface area contributed by atoms with Gasteiger partial charge in [0.05, 0.1) is 26.4 Å².